The lowest BCUT2D eigenvalue weighted by Crippen LogP contribution is -2.27. The van der Waals surface area contributed by atoms with Gasteiger partial charge in [-0.1, -0.05) is 13.8 Å². The first-order valence-corrected chi connectivity index (χ1v) is 6.08. The van der Waals surface area contributed by atoms with E-state index in [-0.39, 0.29) is 12.6 Å². The number of ether oxygens (including phenoxy) is 1. The molecule has 0 radical (unpaired) electrons. The summed E-state index contributed by atoms with van der Waals surface area (Å²) in [6.45, 7) is 4.29. The zero-order valence-corrected chi connectivity index (χ0v) is 11.1. The molecule has 98 valence electrons. The minimum absolute atomic E-state index is 0.127. The monoisotopic (exact) mass is 248 g/mol. The molecule has 4 nitrogen and oxygen atoms in total. The van der Waals surface area contributed by atoms with Crippen LogP contribution in [0.5, 0.6) is 5.75 Å². The maximum Gasteiger partial charge on any atom is 0.121 e. The number of hydrogen-bond acceptors (Lipinski definition) is 4. The molecule has 0 saturated carbocycles. The van der Waals surface area contributed by atoms with Gasteiger partial charge in [0.1, 0.15) is 11.8 Å². The molecule has 2 N–H and O–H groups in total. The van der Waals surface area contributed by atoms with Crippen molar-refractivity contribution in [3.63, 3.8) is 0 Å². The fourth-order valence-electron chi connectivity index (χ4n) is 1.78. The molecule has 0 aliphatic heterocycles. The van der Waals surface area contributed by atoms with Crippen LogP contribution < -0.4 is 10.1 Å². The number of methoxy groups -OCH3 is 1. The lowest BCUT2D eigenvalue weighted by molar-refractivity contribution is 0.267. The van der Waals surface area contributed by atoms with Crippen molar-refractivity contribution < 1.29 is 9.84 Å². The highest BCUT2D eigenvalue weighted by molar-refractivity contribution is 5.60. The first kappa shape index (κ1) is 14.3. The molecule has 4 heteroatoms. The molecule has 0 bridgehead atoms. The Morgan fingerprint density at radius 1 is 1.44 bits per heavy atom. The lowest BCUT2D eigenvalue weighted by Gasteiger charge is -2.23. The first-order valence-electron chi connectivity index (χ1n) is 6.08. The van der Waals surface area contributed by atoms with E-state index in [1.165, 1.54) is 0 Å². The number of benzene rings is 1. The fraction of sp³-hybridized carbons (Fsp3) is 0.500. The molecule has 18 heavy (non-hydrogen) atoms. The molecule has 0 saturated heterocycles. The fourth-order valence-corrected chi connectivity index (χ4v) is 1.78. The molecule has 0 aromatic heterocycles. The van der Waals surface area contributed by atoms with Gasteiger partial charge in [0.25, 0.3) is 0 Å². The predicted octanol–water partition coefficient (Wildman–Crippen LogP) is 2.39. The van der Waals surface area contributed by atoms with Gasteiger partial charge in [-0.25, -0.2) is 0 Å². The van der Waals surface area contributed by atoms with Crippen LogP contribution in [0.25, 0.3) is 0 Å². The van der Waals surface area contributed by atoms with E-state index in [0.717, 1.165) is 5.69 Å². The number of aliphatic hydroxyl groups excluding tert-OH is 1. The van der Waals surface area contributed by atoms with Crippen LogP contribution in [0, 0.1) is 17.2 Å². The summed E-state index contributed by atoms with van der Waals surface area (Å²) in [5.74, 6) is 1.08. The van der Waals surface area contributed by atoms with Gasteiger partial charge in [0.05, 0.1) is 18.4 Å². The molecule has 1 rings (SSSR count). The SMILES string of the molecule is COc1ccc(C#N)c(NC(CCO)C(C)C)c1. The third kappa shape index (κ3) is 3.64. The number of rotatable bonds is 6. The van der Waals surface area contributed by atoms with Crippen LogP contribution in [0.4, 0.5) is 5.69 Å². The number of anilines is 1. The highest BCUT2D eigenvalue weighted by Gasteiger charge is 2.14. The molecule has 1 aromatic rings. The van der Waals surface area contributed by atoms with Crippen molar-refractivity contribution in [1.29, 1.82) is 5.26 Å². The molecular formula is C14H20N2O2. The number of hydrogen-bond donors (Lipinski definition) is 2. The molecule has 1 aromatic carbocycles. The Morgan fingerprint density at radius 3 is 2.67 bits per heavy atom. The van der Waals surface area contributed by atoms with E-state index >= 15 is 0 Å². The predicted molar refractivity (Wildman–Crippen MR) is 71.7 cm³/mol. The first-order chi connectivity index (χ1) is 8.62. The second-order valence-electron chi connectivity index (χ2n) is 4.53. The van der Waals surface area contributed by atoms with Gasteiger partial charge >= 0.3 is 0 Å². The number of aliphatic hydroxyl groups is 1. The molecular weight excluding hydrogens is 228 g/mol. The van der Waals surface area contributed by atoms with Crippen molar-refractivity contribution in [2.24, 2.45) is 5.92 Å². The number of nitrogens with zero attached hydrogens (tertiary/aromatic N) is 1. The smallest absolute Gasteiger partial charge is 0.121 e. The van der Waals surface area contributed by atoms with Crippen LogP contribution in [0.3, 0.4) is 0 Å². The molecule has 0 heterocycles. The van der Waals surface area contributed by atoms with Gasteiger partial charge < -0.3 is 15.2 Å². The molecule has 1 atom stereocenters. The Hall–Kier alpha value is -1.73. The molecule has 0 spiro atoms. The standard InChI is InChI=1S/C14H20N2O2/c1-10(2)13(6-7-17)16-14-8-12(18-3)5-4-11(14)9-15/h4-5,8,10,13,16-17H,6-7H2,1-3H3. The highest BCUT2D eigenvalue weighted by atomic mass is 16.5. The summed E-state index contributed by atoms with van der Waals surface area (Å²) < 4.78 is 5.16. The average Bonchev–Trinajstić information content (AvgIpc) is 2.37. The summed E-state index contributed by atoms with van der Waals surface area (Å²) in [6.07, 6.45) is 0.653. The van der Waals surface area contributed by atoms with Gasteiger partial charge in [-0.15, -0.1) is 0 Å². The highest BCUT2D eigenvalue weighted by Crippen LogP contribution is 2.24. The largest absolute Gasteiger partial charge is 0.497 e. The number of nitrogens with one attached hydrogen (secondary N) is 1. The third-order valence-corrected chi connectivity index (χ3v) is 2.93. The van der Waals surface area contributed by atoms with Gasteiger partial charge in [0.2, 0.25) is 0 Å². The van der Waals surface area contributed by atoms with Crippen LogP contribution in [0.15, 0.2) is 18.2 Å². The van der Waals surface area contributed by atoms with E-state index in [4.69, 9.17) is 15.1 Å². The third-order valence-electron chi connectivity index (χ3n) is 2.93. The van der Waals surface area contributed by atoms with E-state index in [1.807, 2.05) is 6.07 Å². The van der Waals surface area contributed by atoms with Gasteiger partial charge in [-0.2, -0.15) is 5.26 Å². The van der Waals surface area contributed by atoms with E-state index in [1.54, 1.807) is 19.2 Å². The number of nitriles is 1. The van der Waals surface area contributed by atoms with E-state index in [9.17, 15) is 0 Å². The second-order valence-corrected chi connectivity index (χ2v) is 4.53. The van der Waals surface area contributed by atoms with E-state index < -0.39 is 0 Å². The summed E-state index contributed by atoms with van der Waals surface area (Å²) in [7, 11) is 1.60. The molecule has 0 aliphatic carbocycles. The lowest BCUT2D eigenvalue weighted by atomic mass is 10.0. The minimum Gasteiger partial charge on any atom is -0.497 e. The van der Waals surface area contributed by atoms with Gasteiger partial charge in [0, 0.05) is 18.7 Å². The topological polar surface area (TPSA) is 65.3 Å². The minimum atomic E-state index is 0.127. The second kappa shape index (κ2) is 6.87. The van der Waals surface area contributed by atoms with Crippen molar-refractivity contribution in [1.82, 2.24) is 0 Å². The van der Waals surface area contributed by atoms with Gasteiger partial charge in [-0.3, -0.25) is 0 Å². The van der Waals surface area contributed by atoms with Crippen molar-refractivity contribution in [3.8, 4) is 11.8 Å². The van der Waals surface area contributed by atoms with Crippen molar-refractivity contribution in [2.45, 2.75) is 26.3 Å². The maximum absolute atomic E-state index is 9.08. The van der Waals surface area contributed by atoms with Crippen LogP contribution in [0.2, 0.25) is 0 Å². The maximum atomic E-state index is 9.08. The van der Waals surface area contributed by atoms with Crippen molar-refractivity contribution >= 4 is 5.69 Å². The quantitative estimate of drug-likeness (QED) is 0.811. The van der Waals surface area contributed by atoms with E-state index in [2.05, 4.69) is 25.2 Å². The van der Waals surface area contributed by atoms with E-state index in [0.29, 0.717) is 23.7 Å². The van der Waals surface area contributed by atoms with Crippen molar-refractivity contribution in [2.75, 3.05) is 19.0 Å². The molecule has 0 amide bonds. The van der Waals surface area contributed by atoms with Crippen molar-refractivity contribution in [3.05, 3.63) is 23.8 Å². The zero-order valence-electron chi connectivity index (χ0n) is 11.1. The zero-order chi connectivity index (χ0) is 13.5. The molecule has 1 unspecified atom stereocenters. The summed E-state index contributed by atoms with van der Waals surface area (Å²) in [6, 6.07) is 7.59. The average molecular weight is 248 g/mol. The Bertz CT molecular complexity index is 424. The molecule has 0 aliphatic rings. The summed E-state index contributed by atoms with van der Waals surface area (Å²) in [5, 5.41) is 21.5. The van der Waals surface area contributed by atoms with Crippen LogP contribution in [-0.2, 0) is 0 Å². The molecule has 0 fully saturated rings. The Kier molecular flexibility index (Phi) is 5.47. The van der Waals surface area contributed by atoms with Crippen LogP contribution in [-0.4, -0.2) is 24.9 Å². The normalized spacial score (nSPS) is 12.0. The summed E-state index contributed by atoms with van der Waals surface area (Å²) in [4.78, 5) is 0. The Labute approximate surface area is 108 Å². The Balaban J connectivity index is 2.96. The van der Waals surface area contributed by atoms with Crippen LogP contribution >= 0.6 is 0 Å². The van der Waals surface area contributed by atoms with Crippen LogP contribution in [0.1, 0.15) is 25.8 Å². The summed E-state index contributed by atoms with van der Waals surface area (Å²) >= 11 is 0. The van der Waals surface area contributed by atoms with Gasteiger partial charge in [0.15, 0.2) is 0 Å². The summed E-state index contributed by atoms with van der Waals surface area (Å²) in [5.41, 5.74) is 1.34. The Morgan fingerprint density at radius 2 is 2.17 bits per heavy atom. The van der Waals surface area contributed by atoms with Gasteiger partial charge in [-0.05, 0) is 24.5 Å².